The first-order chi connectivity index (χ1) is 7.88. The number of halogens is 4. The van der Waals surface area contributed by atoms with Gasteiger partial charge in [-0.3, -0.25) is 0 Å². The molecule has 0 aliphatic rings. The lowest BCUT2D eigenvalue weighted by molar-refractivity contribution is -0.137. The van der Waals surface area contributed by atoms with Gasteiger partial charge in [0.2, 0.25) is 0 Å². The molecular formula is C10H6F4N2O. The Morgan fingerprint density at radius 1 is 1.18 bits per heavy atom. The minimum Gasteiger partial charge on any atom is -0.394 e. The van der Waals surface area contributed by atoms with Crippen molar-refractivity contribution in [3.63, 3.8) is 0 Å². The van der Waals surface area contributed by atoms with Crippen LogP contribution in [0.3, 0.4) is 0 Å². The lowest BCUT2D eigenvalue weighted by Gasteiger charge is -2.08. The third kappa shape index (κ3) is 2.22. The average Bonchev–Trinajstić information content (AvgIpc) is 2.62. The predicted molar refractivity (Wildman–Crippen MR) is 51.3 cm³/mol. The van der Waals surface area contributed by atoms with Gasteiger partial charge >= 0.3 is 6.18 Å². The summed E-state index contributed by atoms with van der Waals surface area (Å²) in [5.74, 6) is -1.11. The van der Waals surface area contributed by atoms with Crippen molar-refractivity contribution in [1.82, 2.24) is 5.16 Å². The minimum atomic E-state index is -4.63. The Bertz CT molecular complexity index is 547. The van der Waals surface area contributed by atoms with Gasteiger partial charge in [-0.25, -0.2) is 4.39 Å². The zero-order chi connectivity index (χ0) is 12.6. The predicted octanol–water partition coefficient (Wildman–Crippen LogP) is 3.08. The molecule has 0 aliphatic carbocycles. The molecule has 0 spiro atoms. The van der Waals surface area contributed by atoms with Crippen molar-refractivity contribution in [3.8, 4) is 11.3 Å². The fourth-order valence-electron chi connectivity index (χ4n) is 1.35. The molecule has 90 valence electrons. The van der Waals surface area contributed by atoms with E-state index >= 15 is 0 Å². The third-order valence-electron chi connectivity index (χ3n) is 2.09. The molecule has 1 heterocycles. The van der Waals surface area contributed by atoms with E-state index in [0.717, 1.165) is 18.3 Å². The maximum absolute atomic E-state index is 13.1. The molecule has 0 saturated heterocycles. The molecule has 0 atom stereocenters. The van der Waals surface area contributed by atoms with Crippen molar-refractivity contribution in [2.75, 3.05) is 5.73 Å². The fourth-order valence-corrected chi connectivity index (χ4v) is 1.35. The van der Waals surface area contributed by atoms with Crippen molar-refractivity contribution >= 4 is 5.69 Å². The van der Waals surface area contributed by atoms with Gasteiger partial charge < -0.3 is 10.3 Å². The number of nitrogen functional groups attached to an aromatic ring is 1. The van der Waals surface area contributed by atoms with Crippen LogP contribution in [0.5, 0.6) is 0 Å². The van der Waals surface area contributed by atoms with Crippen molar-refractivity contribution in [1.29, 1.82) is 0 Å². The Morgan fingerprint density at radius 3 is 2.41 bits per heavy atom. The van der Waals surface area contributed by atoms with E-state index in [2.05, 4.69) is 9.68 Å². The first-order valence-electron chi connectivity index (χ1n) is 4.46. The summed E-state index contributed by atoms with van der Waals surface area (Å²) >= 11 is 0. The van der Waals surface area contributed by atoms with Gasteiger partial charge in [0.25, 0.3) is 0 Å². The largest absolute Gasteiger partial charge is 0.416 e. The van der Waals surface area contributed by atoms with Crippen molar-refractivity contribution in [3.05, 3.63) is 35.8 Å². The Kier molecular flexibility index (Phi) is 2.53. The summed E-state index contributed by atoms with van der Waals surface area (Å²) in [6.07, 6.45) is -3.50. The van der Waals surface area contributed by atoms with E-state index < -0.39 is 17.6 Å². The summed E-state index contributed by atoms with van der Waals surface area (Å²) in [5.41, 5.74) is 4.25. The normalized spacial score (nSPS) is 11.8. The monoisotopic (exact) mass is 246 g/mol. The summed E-state index contributed by atoms with van der Waals surface area (Å²) in [6.45, 7) is 0. The summed E-state index contributed by atoms with van der Waals surface area (Å²) in [4.78, 5) is 0. The van der Waals surface area contributed by atoms with E-state index in [4.69, 9.17) is 5.73 Å². The van der Waals surface area contributed by atoms with E-state index in [-0.39, 0.29) is 17.0 Å². The number of nitrogens with two attached hydrogens (primary N) is 1. The van der Waals surface area contributed by atoms with Gasteiger partial charge in [0.15, 0.2) is 5.76 Å². The van der Waals surface area contributed by atoms with Crippen LogP contribution in [0.1, 0.15) is 5.56 Å². The van der Waals surface area contributed by atoms with Gasteiger partial charge in [-0.15, -0.1) is 0 Å². The van der Waals surface area contributed by atoms with Crippen LogP contribution in [0, 0.1) is 5.82 Å². The average molecular weight is 246 g/mol. The molecule has 0 bridgehead atoms. The number of benzene rings is 1. The molecule has 3 nitrogen and oxygen atoms in total. The number of hydrogen-bond acceptors (Lipinski definition) is 3. The van der Waals surface area contributed by atoms with E-state index in [1.54, 1.807) is 0 Å². The van der Waals surface area contributed by atoms with Crippen LogP contribution in [0.25, 0.3) is 11.3 Å². The lowest BCUT2D eigenvalue weighted by atomic mass is 10.1. The lowest BCUT2D eigenvalue weighted by Crippen LogP contribution is -2.05. The van der Waals surface area contributed by atoms with Crippen LogP contribution in [-0.4, -0.2) is 5.16 Å². The van der Waals surface area contributed by atoms with E-state index in [1.807, 2.05) is 0 Å². The third-order valence-corrected chi connectivity index (χ3v) is 2.09. The number of aromatic nitrogens is 1. The van der Waals surface area contributed by atoms with E-state index in [0.29, 0.717) is 6.07 Å². The molecule has 17 heavy (non-hydrogen) atoms. The summed E-state index contributed by atoms with van der Waals surface area (Å²) in [5, 5.41) is 3.32. The molecule has 7 heteroatoms. The Morgan fingerprint density at radius 2 is 1.88 bits per heavy atom. The highest BCUT2D eigenvalue weighted by atomic mass is 19.4. The van der Waals surface area contributed by atoms with Gasteiger partial charge in [0, 0.05) is 5.56 Å². The second-order valence-electron chi connectivity index (χ2n) is 3.34. The van der Waals surface area contributed by atoms with Gasteiger partial charge in [-0.2, -0.15) is 13.2 Å². The number of anilines is 1. The highest BCUT2D eigenvalue weighted by molar-refractivity contribution is 5.70. The van der Waals surface area contributed by atoms with Crippen LogP contribution in [0.2, 0.25) is 0 Å². The molecule has 1 aromatic carbocycles. The van der Waals surface area contributed by atoms with Crippen LogP contribution in [0.15, 0.2) is 28.9 Å². The standard InChI is InChI=1S/C10H6F4N2O/c11-7-2-5(9-8(15)4-16-17-9)1-6(3-7)10(12,13)14/h1-4H,15H2. The van der Waals surface area contributed by atoms with Crippen LogP contribution >= 0.6 is 0 Å². The number of alkyl halides is 3. The zero-order valence-electron chi connectivity index (χ0n) is 8.25. The zero-order valence-corrected chi connectivity index (χ0v) is 8.25. The quantitative estimate of drug-likeness (QED) is 0.786. The number of rotatable bonds is 1. The topological polar surface area (TPSA) is 52.0 Å². The molecule has 2 aromatic rings. The Balaban J connectivity index is 2.57. The smallest absolute Gasteiger partial charge is 0.394 e. The molecule has 0 saturated carbocycles. The molecule has 2 N–H and O–H groups in total. The van der Waals surface area contributed by atoms with Crippen LogP contribution in [-0.2, 0) is 6.18 Å². The molecule has 0 unspecified atom stereocenters. The Hall–Kier alpha value is -2.05. The SMILES string of the molecule is Nc1cnoc1-c1cc(F)cc(C(F)(F)F)c1. The van der Waals surface area contributed by atoms with Crippen LogP contribution < -0.4 is 5.73 Å². The second-order valence-corrected chi connectivity index (χ2v) is 3.34. The van der Waals surface area contributed by atoms with E-state index in [1.165, 1.54) is 0 Å². The molecular weight excluding hydrogens is 240 g/mol. The van der Waals surface area contributed by atoms with Gasteiger partial charge in [0.1, 0.15) is 11.5 Å². The molecule has 1 aromatic heterocycles. The molecule has 0 aliphatic heterocycles. The molecule has 2 rings (SSSR count). The summed E-state index contributed by atoms with van der Waals surface area (Å²) < 4.78 is 55.1. The molecule has 0 amide bonds. The van der Waals surface area contributed by atoms with Gasteiger partial charge in [-0.05, 0) is 18.2 Å². The molecule has 0 fully saturated rings. The van der Waals surface area contributed by atoms with E-state index in [9.17, 15) is 17.6 Å². The second kappa shape index (κ2) is 3.76. The number of hydrogen-bond donors (Lipinski definition) is 1. The fraction of sp³-hybridized carbons (Fsp3) is 0.100. The summed E-state index contributed by atoms with van der Waals surface area (Å²) in [7, 11) is 0. The maximum Gasteiger partial charge on any atom is 0.416 e. The highest BCUT2D eigenvalue weighted by Crippen LogP contribution is 2.34. The minimum absolute atomic E-state index is 0.0451. The van der Waals surface area contributed by atoms with Gasteiger partial charge in [0.05, 0.1) is 11.8 Å². The van der Waals surface area contributed by atoms with Crippen molar-refractivity contribution < 1.29 is 22.1 Å². The summed E-state index contributed by atoms with van der Waals surface area (Å²) in [6, 6.07) is 2.04. The van der Waals surface area contributed by atoms with Crippen LogP contribution in [0.4, 0.5) is 23.2 Å². The first-order valence-corrected chi connectivity index (χ1v) is 4.46. The highest BCUT2D eigenvalue weighted by Gasteiger charge is 2.31. The molecule has 0 radical (unpaired) electrons. The van der Waals surface area contributed by atoms with Crippen molar-refractivity contribution in [2.24, 2.45) is 0 Å². The first kappa shape index (κ1) is 11.4. The maximum atomic E-state index is 13.1. The van der Waals surface area contributed by atoms with Gasteiger partial charge in [-0.1, -0.05) is 5.16 Å². The Labute approximate surface area is 92.8 Å². The van der Waals surface area contributed by atoms with Crippen molar-refractivity contribution in [2.45, 2.75) is 6.18 Å². The number of nitrogens with zero attached hydrogens (tertiary/aromatic N) is 1.